The average molecular weight is 218 g/mol. The third kappa shape index (κ3) is 1.18. The number of aliphatic hydroxyl groups excluding tert-OH is 1. The number of aliphatic hydroxyl groups is 1. The van der Waals surface area contributed by atoms with Crippen LogP contribution in [0.5, 0.6) is 0 Å². The summed E-state index contributed by atoms with van der Waals surface area (Å²) in [6, 6.07) is 4.82. The first-order valence-corrected chi connectivity index (χ1v) is 4.63. The molecule has 1 aliphatic carbocycles. The van der Waals surface area contributed by atoms with Crippen molar-refractivity contribution in [3.8, 4) is 0 Å². The number of fused-ring (bicyclic) bond motifs is 1. The van der Waals surface area contributed by atoms with Crippen LogP contribution in [0.25, 0.3) is 5.76 Å². The Morgan fingerprint density at radius 2 is 2.12 bits per heavy atom. The number of carbonyl (C=O) groups excluding carboxylic acids is 1. The van der Waals surface area contributed by atoms with Crippen LogP contribution >= 0.6 is 0 Å². The number of ketones is 1. The van der Waals surface area contributed by atoms with Crippen LogP contribution in [0.3, 0.4) is 0 Å². The number of Topliss-reactive ketones (excluding diaryl/α,β-unsaturated/α-hetero) is 1. The molecule has 5 heteroatoms. The van der Waals surface area contributed by atoms with Gasteiger partial charge in [-0.15, -0.1) is 0 Å². The number of hydrogen-bond acceptors (Lipinski definition) is 5. The molecule has 0 radical (unpaired) electrons. The van der Waals surface area contributed by atoms with Crippen LogP contribution in [0.1, 0.15) is 22.8 Å². The van der Waals surface area contributed by atoms with Crippen molar-refractivity contribution < 1.29 is 15.1 Å². The Morgan fingerprint density at radius 1 is 1.44 bits per heavy atom. The Morgan fingerprint density at radius 3 is 2.69 bits per heavy atom. The summed E-state index contributed by atoms with van der Waals surface area (Å²) in [5.41, 5.74) is 6.67. The highest BCUT2D eigenvalue weighted by molar-refractivity contribution is 6.36. The van der Waals surface area contributed by atoms with Gasteiger partial charge in [0.15, 0.2) is 0 Å². The SMILES string of the molecule is C/C(=N\O)C1=C(O)c2cccc(N)c2C1=O. The number of allylic oxidation sites excluding steroid dienone is 1. The van der Waals surface area contributed by atoms with Crippen molar-refractivity contribution in [2.45, 2.75) is 6.92 Å². The van der Waals surface area contributed by atoms with Crippen LogP contribution in [0.15, 0.2) is 28.9 Å². The predicted molar refractivity (Wildman–Crippen MR) is 59.6 cm³/mol. The fourth-order valence-corrected chi connectivity index (χ4v) is 1.77. The van der Waals surface area contributed by atoms with Crippen LogP contribution in [-0.4, -0.2) is 21.8 Å². The predicted octanol–water partition coefficient (Wildman–Crippen LogP) is 1.58. The van der Waals surface area contributed by atoms with Gasteiger partial charge in [-0.25, -0.2) is 0 Å². The molecule has 0 amide bonds. The number of nitrogen functional groups attached to an aromatic ring is 1. The maximum Gasteiger partial charge on any atom is 0.201 e. The van der Waals surface area contributed by atoms with E-state index in [4.69, 9.17) is 10.9 Å². The molecule has 0 spiro atoms. The Balaban J connectivity index is 2.70. The molecule has 0 saturated carbocycles. The number of anilines is 1. The molecule has 0 atom stereocenters. The minimum atomic E-state index is -0.416. The molecule has 0 aromatic heterocycles. The van der Waals surface area contributed by atoms with Gasteiger partial charge in [0, 0.05) is 11.3 Å². The highest BCUT2D eigenvalue weighted by atomic mass is 16.4. The van der Waals surface area contributed by atoms with Crippen molar-refractivity contribution in [1.29, 1.82) is 0 Å². The zero-order valence-electron chi connectivity index (χ0n) is 8.56. The monoisotopic (exact) mass is 218 g/mol. The van der Waals surface area contributed by atoms with Crippen LogP contribution in [0.4, 0.5) is 5.69 Å². The van der Waals surface area contributed by atoms with E-state index < -0.39 is 5.78 Å². The van der Waals surface area contributed by atoms with Crippen molar-refractivity contribution in [2.75, 3.05) is 5.73 Å². The van der Waals surface area contributed by atoms with Crippen molar-refractivity contribution in [3.63, 3.8) is 0 Å². The number of nitrogens with two attached hydrogens (primary N) is 1. The van der Waals surface area contributed by atoms with E-state index >= 15 is 0 Å². The zero-order chi connectivity index (χ0) is 11.9. The summed E-state index contributed by atoms with van der Waals surface area (Å²) in [6.07, 6.45) is 0. The van der Waals surface area contributed by atoms with E-state index in [1.54, 1.807) is 18.2 Å². The quantitative estimate of drug-likeness (QED) is 0.288. The Labute approximate surface area is 91.5 Å². The van der Waals surface area contributed by atoms with Gasteiger partial charge >= 0.3 is 0 Å². The van der Waals surface area contributed by atoms with Gasteiger partial charge in [-0.05, 0) is 13.0 Å². The number of oxime groups is 1. The molecule has 82 valence electrons. The third-order valence-electron chi connectivity index (χ3n) is 2.55. The fourth-order valence-electron chi connectivity index (χ4n) is 1.77. The molecule has 0 saturated heterocycles. The molecule has 4 N–H and O–H groups in total. The molecule has 1 aliphatic rings. The van der Waals surface area contributed by atoms with E-state index in [1.165, 1.54) is 6.92 Å². The Bertz CT molecular complexity index is 544. The molecule has 0 bridgehead atoms. The van der Waals surface area contributed by atoms with Crippen molar-refractivity contribution >= 4 is 22.9 Å². The maximum atomic E-state index is 11.9. The highest BCUT2D eigenvalue weighted by Crippen LogP contribution is 2.34. The van der Waals surface area contributed by atoms with Gasteiger partial charge < -0.3 is 16.0 Å². The van der Waals surface area contributed by atoms with Gasteiger partial charge in [0.2, 0.25) is 5.78 Å². The van der Waals surface area contributed by atoms with E-state index in [9.17, 15) is 9.90 Å². The fraction of sp³-hybridized carbons (Fsp3) is 0.0909. The second-order valence-electron chi connectivity index (χ2n) is 3.51. The molecule has 1 aromatic carbocycles. The van der Waals surface area contributed by atoms with Gasteiger partial charge in [-0.3, -0.25) is 4.79 Å². The number of benzene rings is 1. The molecular weight excluding hydrogens is 208 g/mol. The van der Waals surface area contributed by atoms with E-state index in [0.29, 0.717) is 11.3 Å². The van der Waals surface area contributed by atoms with Gasteiger partial charge in [0.25, 0.3) is 0 Å². The van der Waals surface area contributed by atoms with Crippen LogP contribution in [0.2, 0.25) is 0 Å². The molecule has 1 aromatic rings. The largest absolute Gasteiger partial charge is 0.506 e. The van der Waals surface area contributed by atoms with E-state index in [-0.39, 0.29) is 22.6 Å². The van der Waals surface area contributed by atoms with Crippen molar-refractivity contribution in [1.82, 2.24) is 0 Å². The Hall–Kier alpha value is -2.30. The molecule has 0 unspecified atom stereocenters. The molecular formula is C11H10N2O3. The van der Waals surface area contributed by atoms with Crippen LogP contribution in [-0.2, 0) is 0 Å². The Kier molecular flexibility index (Phi) is 2.16. The third-order valence-corrected chi connectivity index (χ3v) is 2.55. The first-order valence-electron chi connectivity index (χ1n) is 4.63. The lowest BCUT2D eigenvalue weighted by molar-refractivity contribution is 0.104. The minimum Gasteiger partial charge on any atom is -0.506 e. The van der Waals surface area contributed by atoms with Gasteiger partial charge in [0.05, 0.1) is 16.8 Å². The lowest BCUT2D eigenvalue weighted by Crippen LogP contribution is -2.09. The number of nitrogens with zero attached hydrogens (tertiary/aromatic N) is 1. The van der Waals surface area contributed by atoms with Crippen molar-refractivity contribution in [3.05, 3.63) is 34.9 Å². The summed E-state index contributed by atoms with van der Waals surface area (Å²) in [4.78, 5) is 11.9. The van der Waals surface area contributed by atoms with Gasteiger partial charge in [-0.1, -0.05) is 17.3 Å². The second-order valence-corrected chi connectivity index (χ2v) is 3.51. The standard InChI is InChI=1S/C11H10N2O3/c1-5(13-16)8-10(14)6-3-2-4-7(12)9(6)11(8)15/h2-4,14,16H,12H2,1H3/b13-5+. The summed E-state index contributed by atoms with van der Waals surface area (Å²) in [5.74, 6) is -0.608. The summed E-state index contributed by atoms with van der Waals surface area (Å²) in [5, 5.41) is 21.4. The van der Waals surface area contributed by atoms with Crippen LogP contribution in [0, 0.1) is 0 Å². The van der Waals surface area contributed by atoms with Crippen LogP contribution < -0.4 is 5.73 Å². The summed E-state index contributed by atoms with van der Waals surface area (Å²) < 4.78 is 0. The molecule has 0 aliphatic heterocycles. The lowest BCUT2D eigenvalue weighted by Gasteiger charge is -2.01. The van der Waals surface area contributed by atoms with E-state index in [1.807, 2.05) is 0 Å². The first-order chi connectivity index (χ1) is 7.57. The molecule has 0 fully saturated rings. The second kappa shape index (κ2) is 3.37. The van der Waals surface area contributed by atoms with E-state index in [0.717, 1.165) is 0 Å². The summed E-state index contributed by atoms with van der Waals surface area (Å²) in [7, 11) is 0. The zero-order valence-corrected chi connectivity index (χ0v) is 8.56. The number of carbonyl (C=O) groups is 1. The minimum absolute atomic E-state index is 0.00426. The molecule has 5 nitrogen and oxygen atoms in total. The molecule has 0 heterocycles. The van der Waals surface area contributed by atoms with Gasteiger partial charge in [-0.2, -0.15) is 0 Å². The number of rotatable bonds is 1. The van der Waals surface area contributed by atoms with Crippen molar-refractivity contribution in [2.24, 2.45) is 5.16 Å². The highest BCUT2D eigenvalue weighted by Gasteiger charge is 2.33. The molecule has 2 rings (SSSR count). The lowest BCUT2D eigenvalue weighted by atomic mass is 10.0. The van der Waals surface area contributed by atoms with E-state index in [2.05, 4.69) is 5.16 Å². The smallest absolute Gasteiger partial charge is 0.201 e. The normalized spacial score (nSPS) is 15.6. The first kappa shape index (κ1) is 10.2. The summed E-state index contributed by atoms with van der Waals surface area (Å²) in [6.45, 7) is 1.44. The average Bonchev–Trinajstić information content (AvgIpc) is 2.52. The topological polar surface area (TPSA) is 95.9 Å². The van der Waals surface area contributed by atoms with Gasteiger partial charge in [0.1, 0.15) is 5.76 Å². The number of hydrogen-bond donors (Lipinski definition) is 3. The summed E-state index contributed by atoms with van der Waals surface area (Å²) >= 11 is 0. The molecule has 16 heavy (non-hydrogen) atoms. The maximum absolute atomic E-state index is 11.9.